The van der Waals surface area contributed by atoms with E-state index in [-0.39, 0.29) is 0 Å². The smallest absolute Gasteiger partial charge is 0.0947 e. The van der Waals surface area contributed by atoms with Crippen LogP contribution in [-0.4, -0.2) is 30.6 Å². The van der Waals surface area contributed by atoms with Crippen molar-refractivity contribution in [1.82, 2.24) is 10.2 Å². The van der Waals surface area contributed by atoms with Crippen LogP contribution in [0.3, 0.4) is 0 Å². The van der Waals surface area contributed by atoms with Crippen LogP contribution in [0.15, 0.2) is 23.0 Å². The van der Waals surface area contributed by atoms with Crippen LogP contribution >= 0.6 is 0 Å². The van der Waals surface area contributed by atoms with Crippen molar-refractivity contribution in [2.24, 2.45) is 5.92 Å². The molecule has 1 aromatic heterocycles. The number of nitrogens with one attached hydrogen (secondary N) is 1. The van der Waals surface area contributed by atoms with Gasteiger partial charge in [0.15, 0.2) is 0 Å². The molecule has 0 unspecified atom stereocenters. The summed E-state index contributed by atoms with van der Waals surface area (Å²) in [5, 5.41) is 3.53. The molecule has 0 bridgehead atoms. The van der Waals surface area contributed by atoms with Gasteiger partial charge in [0.25, 0.3) is 0 Å². The number of rotatable bonds is 9. The van der Waals surface area contributed by atoms with Crippen molar-refractivity contribution in [3.8, 4) is 0 Å². The molecule has 114 valence electrons. The summed E-state index contributed by atoms with van der Waals surface area (Å²) in [4.78, 5) is 2.72. The van der Waals surface area contributed by atoms with Gasteiger partial charge in [-0.3, -0.25) is 4.90 Å². The van der Waals surface area contributed by atoms with Crippen LogP contribution in [-0.2, 0) is 6.54 Å². The first-order chi connectivity index (χ1) is 9.75. The molecule has 0 atom stereocenters. The van der Waals surface area contributed by atoms with Gasteiger partial charge in [-0.15, -0.1) is 0 Å². The van der Waals surface area contributed by atoms with E-state index in [1.54, 1.807) is 6.26 Å². The first kappa shape index (κ1) is 15.6. The molecule has 2 rings (SSSR count). The highest BCUT2D eigenvalue weighted by Crippen LogP contribution is 2.23. The van der Waals surface area contributed by atoms with E-state index in [0.29, 0.717) is 0 Å². The quantitative estimate of drug-likeness (QED) is 0.699. The Morgan fingerprint density at radius 3 is 2.75 bits per heavy atom. The van der Waals surface area contributed by atoms with E-state index < -0.39 is 0 Å². The molecule has 1 fully saturated rings. The summed E-state index contributed by atoms with van der Waals surface area (Å²) in [6, 6.07) is 2.87. The predicted molar refractivity (Wildman–Crippen MR) is 83.7 cm³/mol. The highest BCUT2D eigenvalue weighted by atomic mass is 16.3. The molecule has 1 aliphatic rings. The second-order valence-electron chi connectivity index (χ2n) is 6.47. The van der Waals surface area contributed by atoms with E-state index in [0.717, 1.165) is 25.0 Å². The first-order valence-corrected chi connectivity index (χ1v) is 8.21. The lowest BCUT2D eigenvalue weighted by Crippen LogP contribution is -2.39. The molecular weight excluding hydrogens is 248 g/mol. The van der Waals surface area contributed by atoms with Crippen molar-refractivity contribution in [3.63, 3.8) is 0 Å². The molecule has 3 heteroatoms. The lowest BCUT2D eigenvalue weighted by molar-refractivity contribution is 0.188. The second-order valence-corrected chi connectivity index (χ2v) is 6.47. The number of nitrogens with zero attached hydrogens (tertiary/aromatic N) is 1. The van der Waals surface area contributed by atoms with Gasteiger partial charge in [-0.2, -0.15) is 0 Å². The summed E-state index contributed by atoms with van der Waals surface area (Å²) in [6.45, 7) is 9.07. The Hall–Kier alpha value is -0.800. The molecular formula is C17H30N2O. The fraction of sp³-hybridized carbons (Fsp3) is 0.765. The molecule has 1 saturated carbocycles. The molecule has 0 spiro atoms. The van der Waals surface area contributed by atoms with Gasteiger partial charge in [-0.25, -0.2) is 0 Å². The minimum absolute atomic E-state index is 0.804. The Bertz CT molecular complexity index is 342. The van der Waals surface area contributed by atoms with Crippen molar-refractivity contribution in [2.75, 3.05) is 19.6 Å². The number of hydrogen-bond donors (Lipinski definition) is 1. The maximum Gasteiger partial charge on any atom is 0.0947 e. The summed E-state index contributed by atoms with van der Waals surface area (Å²) in [7, 11) is 0. The largest absolute Gasteiger partial charge is 0.472 e. The molecule has 1 heterocycles. The fourth-order valence-corrected chi connectivity index (χ4v) is 3.02. The monoisotopic (exact) mass is 278 g/mol. The van der Waals surface area contributed by atoms with Gasteiger partial charge in [0, 0.05) is 31.2 Å². The average molecular weight is 278 g/mol. The Morgan fingerprint density at radius 1 is 1.30 bits per heavy atom. The maximum absolute atomic E-state index is 5.09. The standard InChI is InChI=1S/C17H30N2O/c1-15(2)7-10-19(17-5-3-4-6-17)11-9-18-13-16-8-12-20-14-16/h8,12,14-15,17-18H,3-7,9-11,13H2,1-2H3. The van der Waals surface area contributed by atoms with Gasteiger partial charge in [-0.05, 0) is 37.8 Å². The molecule has 0 amide bonds. The third-order valence-corrected chi connectivity index (χ3v) is 4.32. The van der Waals surface area contributed by atoms with Crippen LogP contribution in [0.1, 0.15) is 51.5 Å². The van der Waals surface area contributed by atoms with Crippen molar-refractivity contribution in [3.05, 3.63) is 24.2 Å². The Labute approximate surface area is 123 Å². The van der Waals surface area contributed by atoms with Gasteiger partial charge < -0.3 is 9.73 Å². The van der Waals surface area contributed by atoms with Crippen molar-refractivity contribution < 1.29 is 4.42 Å². The van der Waals surface area contributed by atoms with Crippen molar-refractivity contribution in [2.45, 2.75) is 58.5 Å². The summed E-state index contributed by atoms with van der Waals surface area (Å²) in [5.74, 6) is 0.804. The predicted octanol–water partition coefficient (Wildman–Crippen LogP) is 3.66. The first-order valence-electron chi connectivity index (χ1n) is 8.21. The molecule has 1 N–H and O–H groups in total. The van der Waals surface area contributed by atoms with E-state index in [2.05, 4.69) is 24.1 Å². The SMILES string of the molecule is CC(C)CCN(CCNCc1ccoc1)C1CCCC1. The highest BCUT2D eigenvalue weighted by Gasteiger charge is 2.21. The summed E-state index contributed by atoms with van der Waals surface area (Å²) in [5.41, 5.74) is 1.24. The zero-order valence-corrected chi connectivity index (χ0v) is 13.1. The van der Waals surface area contributed by atoms with Crippen molar-refractivity contribution in [1.29, 1.82) is 0 Å². The average Bonchev–Trinajstić information content (AvgIpc) is 3.10. The fourth-order valence-electron chi connectivity index (χ4n) is 3.02. The van der Waals surface area contributed by atoms with Crippen LogP contribution in [0.4, 0.5) is 0 Å². The Morgan fingerprint density at radius 2 is 2.10 bits per heavy atom. The van der Waals surface area contributed by atoms with Crippen molar-refractivity contribution >= 4 is 0 Å². The second kappa shape index (κ2) is 8.48. The van der Waals surface area contributed by atoms with Gasteiger partial charge >= 0.3 is 0 Å². The molecule has 1 aliphatic carbocycles. The molecule has 1 aromatic rings. The molecule has 20 heavy (non-hydrogen) atoms. The Kier molecular flexibility index (Phi) is 6.61. The van der Waals surface area contributed by atoms with E-state index >= 15 is 0 Å². The van der Waals surface area contributed by atoms with E-state index in [9.17, 15) is 0 Å². The summed E-state index contributed by atoms with van der Waals surface area (Å²) < 4.78 is 5.09. The maximum atomic E-state index is 5.09. The molecule has 0 aliphatic heterocycles. The minimum Gasteiger partial charge on any atom is -0.472 e. The molecule has 0 saturated heterocycles. The molecule has 0 radical (unpaired) electrons. The zero-order valence-electron chi connectivity index (χ0n) is 13.1. The van der Waals surface area contributed by atoms with Crippen LogP contribution in [0.2, 0.25) is 0 Å². The lowest BCUT2D eigenvalue weighted by Gasteiger charge is -2.29. The van der Waals surface area contributed by atoms with E-state index in [1.807, 2.05) is 12.3 Å². The normalized spacial score (nSPS) is 16.6. The topological polar surface area (TPSA) is 28.4 Å². The van der Waals surface area contributed by atoms with Crippen LogP contribution in [0, 0.1) is 5.92 Å². The Balaban J connectivity index is 1.69. The zero-order chi connectivity index (χ0) is 14.2. The van der Waals surface area contributed by atoms with Crippen LogP contribution in [0.25, 0.3) is 0 Å². The van der Waals surface area contributed by atoms with E-state index in [4.69, 9.17) is 4.42 Å². The van der Waals surface area contributed by atoms with E-state index in [1.165, 1.54) is 50.8 Å². The highest BCUT2D eigenvalue weighted by molar-refractivity contribution is 5.04. The van der Waals surface area contributed by atoms with Gasteiger partial charge in [-0.1, -0.05) is 26.7 Å². The number of hydrogen-bond acceptors (Lipinski definition) is 3. The summed E-state index contributed by atoms with van der Waals surface area (Å²) >= 11 is 0. The van der Waals surface area contributed by atoms with Gasteiger partial charge in [0.1, 0.15) is 0 Å². The third-order valence-electron chi connectivity index (χ3n) is 4.32. The van der Waals surface area contributed by atoms with Crippen LogP contribution in [0.5, 0.6) is 0 Å². The summed E-state index contributed by atoms with van der Waals surface area (Å²) in [6.07, 6.45) is 10.5. The molecule has 0 aromatic carbocycles. The molecule has 3 nitrogen and oxygen atoms in total. The van der Waals surface area contributed by atoms with Crippen LogP contribution < -0.4 is 5.32 Å². The van der Waals surface area contributed by atoms with Gasteiger partial charge in [0.2, 0.25) is 0 Å². The third kappa shape index (κ3) is 5.29. The minimum atomic E-state index is 0.804. The van der Waals surface area contributed by atoms with Gasteiger partial charge in [0.05, 0.1) is 12.5 Å². The number of furan rings is 1. The lowest BCUT2D eigenvalue weighted by atomic mass is 10.1.